The molecule has 1 heterocycles. The minimum Gasteiger partial charge on any atom is -0.466 e. The minimum atomic E-state index is -4.60. The summed E-state index contributed by atoms with van der Waals surface area (Å²) in [6.45, 7) is 1.53. The first-order chi connectivity index (χ1) is 10.2. The Hall–Kier alpha value is -1.86. The molecule has 1 aromatic heterocycles. The van der Waals surface area contributed by atoms with Crippen molar-refractivity contribution in [1.82, 2.24) is 5.32 Å². The Morgan fingerprint density at radius 1 is 1.23 bits per heavy atom. The highest BCUT2D eigenvalue weighted by Crippen LogP contribution is 2.30. The zero-order valence-corrected chi connectivity index (χ0v) is 11.7. The molecule has 0 spiro atoms. The van der Waals surface area contributed by atoms with Crippen molar-refractivity contribution in [2.45, 2.75) is 25.2 Å². The lowest BCUT2D eigenvalue weighted by Crippen LogP contribution is -2.34. The predicted octanol–water partition coefficient (Wildman–Crippen LogP) is 3.43. The van der Waals surface area contributed by atoms with Crippen molar-refractivity contribution in [2.75, 3.05) is 6.54 Å². The second kappa shape index (κ2) is 6.10. The average Bonchev–Trinajstić information content (AvgIpc) is 2.91. The molecule has 0 fully saturated rings. The molecule has 1 atom stereocenters. The van der Waals surface area contributed by atoms with Crippen molar-refractivity contribution in [3.8, 4) is 0 Å². The van der Waals surface area contributed by atoms with E-state index < -0.39 is 23.2 Å². The molecule has 0 aliphatic heterocycles. The van der Waals surface area contributed by atoms with Gasteiger partial charge in [-0.05, 0) is 42.8 Å². The summed E-state index contributed by atoms with van der Waals surface area (Å²) in [6.07, 6.45) is -3.19. The number of hydrogen-bond donors (Lipinski definition) is 2. The quantitative estimate of drug-likeness (QED) is 0.831. The van der Waals surface area contributed by atoms with Crippen LogP contribution < -0.4 is 5.32 Å². The summed E-state index contributed by atoms with van der Waals surface area (Å²) in [7, 11) is 0. The molecular formula is C15H15F4NO2. The van der Waals surface area contributed by atoms with Crippen molar-refractivity contribution < 1.29 is 27.1 Å². The van der Waals surface area contributed by atoms with E-state index >= 15 is 0 Å². The average molecular weight is 317 g/mol. The first kappa shape index (κ1) is 16.5. The Bertz CT molecular complexity index is 621. The van der Waals surface area contributed by atoms with Crippen LogP contribution >= 0.6 is 0 Å². The van der Waals surface area contributed by atoms with Crippen LogP contribution in [-0.2, 0) is 18.3 Å². The summed E-state index contributed by atoms with van der Waals surface area (Å²) in [5.41, 5.74) is -2.21. The van der Waals surface area contributed by atoms with Gasteiger partial charge >= 0.3 is 6.18 Å². The minimum absolute atomic E-state index is 0.0162. The van der Waals surface area contributed by atoms with E-state index in [-0.39, 0.29) is 18.7 Å². The first-order valence-corrected chi connectivity index (χ1v) is 6.52. The second-order valence-corrected chi connectivity index (χ2v) is 5.20. The van der Waals surface area contributed by atoms with Gasteiger partial charge in [0, 0.05) is 13.1 Å². The Labute approximate surface area is 124 Å². The van der Waals surface area contributed by atoms with Crippen molar-refractivity contribution in [1.29, 1.82) is 0 Å². The normalized spacial score (nSPS) is 14.8. The van der Waals surface area contributed by atoms with E-state index in [1.54, 1.807) is 12.1 Å². The third-order valence-corrected chi connectivity index (χ3v) is 3.14. The maximum absolute atomic E-state index is 13.3. The molecule has 7 heteroatoms. The van der Waals surface area contributed by atoms with Crippen LogP contribution in [-0.4, -0.2) is 11.7 Å². The van der Waals surface area contributed by atoms with Gasteiger partial charge in [0.2, 0.25) is 0 Å². The molecule has 0 amide bonds. The summed E-state index contributed by atoms with van der Waals surface area (Å²) < 4.78 is 56.2. The fourth-order valence-electron chi connectivity index (χ4n) is 2.04. The van der Waals surface area contributed by atoms with E-state index in [9.17, 15) is 22.7 Å². The molecule has 2 rings (SSSR count). The molecule has 0 radical (unpaired) electrons. The number of aliphatic hydroxyl groups is 1. The van der Waals surface area contributed by atoms with Gasteiger partial charge in [-0.15, -0.1) is 0 Å². The third kappa shape index (κ3) is 4.08. The van der Waals surface area contributed by atoms with Crippen LogP contribution in [0.15, 0.2) is 41.0 Å². The van der Waals surface area contributed by atoms with E-state index in [2.05, 4.69) is 5.32 Å². The molecule has 1 unspecified atom stereocenters. The Morgan fingerprint density at radius 3 is 2.55 bits per heavy atom. The highest BCUT2D eigenvalue weighted by atomic mass is 19.4. The van der Waals surface area contributed by atoms with Crippen LogP contribution in [0.2, 0.25) is 0 Å². The zero-order chi connectivity index (χ0) is 16.4. The van der Waals surface area contributed by atoms with Crippen molar-refractivity contribution in [3.05, 3.63) is 59.3 Å². The number of benzene rings is 1. The van der Waals surface area contributed by atoms with Gasteiger partial charge in [-0.25, -0.2) is 4.39 Å². The van der Waals surface area contributed by atoms with Gasteiger partial charge in [-0.1, -0.05) is 0 Å². The number of nitrogens with one attached hydrogen (secondary N) is 1. The fraction of sp³-hybridized carbons (Fsp3) is 0.333. The highest BCUT2D eigenvalue weighted by molar-refractivity contribution is 5.26. The molecule has 1 aromatic carbocycles. The van der Waals surface area contributed by atoms with Gasteiger partial charge in [0.25, 0.3) is 0 Å². The first-order valence-electron chi connectivity index (χ1n) is 6.52. The molecule has 120 valence electrons. The molecule has 2 N–H and O–H groups in total. The van der Waals surface area contributed by atoms with Crippen LogP contribution in [0.25, 0.3) is 0 Å². The standard InChI is InChI=1S/C15H15F4NO2/c1-14(21,13-3-2-4-22-13)9-20-8-10-5-11(15(17,18)19)7-12(16)6-10/h2-7,20-21H,8-9H2,1H3. The molecule has 0 saturated heterocycles. The van der Waals surface area contributed by atoms with E-state index in [0.717, 1.165) is 12.1 Å². The molecular weight excluding hydrogens is 302 g/mol. The Balaban J connectivity index is 2.02. The molecule has 0 saturated carbocycles. The topological polar surface area (TPSA) is 45.4 Å². The zero-order valence-electron chi connectivity index (χ0n) is 11.7. The van der Waals surface area contributed by atoms with E-state index in [1.165, 1.54) is 13.2 Å². The van der Waals surface area contributed by atoms with E-state index in [4.69, 9.17) is 4.42 Å². The van der Waals surface area contributed by atoms with Crippen molar-refractivity contribution in [2.24, 2.45) is 0 Å². The number of furan rings is 1. The van der Waals surface area contributed by atoms with Crippen molar-refractivity contribution in [3.63, 3.8) is 0 Å². The number of halogens is 4. The molecule has 22 heavy (non-hydrogen) atoms. The lowest BCUT2D eigenvalue weighted by molar-refractivity contribution is -0.137. The van der Waals surface area contributed by atoms with Crippen LogP contribution in [0, 0.1) is 5.82 Å². The van der Waals surface area contributed by atoms with Crippen LogP contribution in [0.4, 0.5) is 17.6 Å². The van der Waals surface area contributed by atoms with Gasteiger partial charge in [0.05, 0.1) is 11.8 Å². The summed E-state index contributed by atoms with van der Waals surface area (Å²) in [5, 5.41) is 13.0. The highest BCUT2D eigenvalue weighted by Gasteiger charge is 2.31. The van der Waals surface area contributed by atoms with Crippen LogP contribution in [0.5, 0.6) is 0 Å². The van der Waals surface area contributed by atoms with Crippen molar-refractivity contribution >= 4 is 0 Å². The van der Waals surface area contributed by atoms with Crippen LogP contribution in [0.3, 0.4) is 0 Å². The van der Waals surface area contributed by atoms with Gasteiger partial charge in [0.1, 0.15) is 17.2 Å². The largest absolute Gasteiger partial charge is 0.466 e. The fourth-order valence-corrected chi connectivity index (χ4v) is 2.04. The number of rotatable bonds is 5. The third-order valence-electron chi connectivity index (χ3n) is 3.14. The summed E-state index contributed by atoms with van der Waals surface area (Å²) in [5.74, 6) is -0.625. The molecule has 0 aliphatic carbocycles. The number of hydrogen-bond acceptors (Lipinski definition) is 3. The maximum atomic E-state index is 13.3. The Morgan fingerprint density at radius 2 is 1.95 bits per heavy atom. The summed E-state index contributed by atoms with van der Waals surface area (Å²) >= 11 is 0. The van der Waals surface area contributed by atoms with Gasteiger partial charge < -0.3 is 14.8 Å². The van der Waals surface area contributed by atoms with E-state index in [1.807, 2.05) is 0 Å². The Kier molecular flexibility index (Phi) is 4.58. The molecule has 0 bridgehead atoms. The molecule has 0 aliphatic rings. The molecule has 3 nitrogen and oxygen atoms in total. The van der Waals surface area contributed by atoms with Gasteiger partial charge in [-0.2, -0.15) is 13.2 Å². The van der Waals surface area contributed by atoms with E-state index in [0.29, 0.717) is 11.8 Å². The monoisotopic (exact) mass is 317 g/mol. The van der Waals surface area contributed by atoms with Gasteiger partial charge in [-0.3, -0.25) is 0 Å². The maximum Gasteiger partial charge on any atom is 0.416 e. The molecule has 2 aromatic rings. The SMILES string of the molecule is CC(O)(CNCc1cc(F)cc(C(F)(F)F)c1)c1ccco1. The lowest BCUT2D eigenvalue weighted by Gasteiger charge is -2.21. The predicted molar refractivity (Wildman–Crippen MR) is 71.4 cm³/mol. The summed E-state index contributed by atoms with van der Waals surface area (Å²) in [4.78, 5) is 0. The summed E-state index contributed by atoms with van der Waals surface area (Å²) in [6, 6.07) is 5.54. The van der Waals surface area contributed by atoms with Crippen LogP contribution in [0.1, 0.15) is 23.8 Å². The number of alkyl halides is 3. The second-order valence-electron chi connectivity index (χ2n) is 5.20. The smallest absolute Gasteiger partial charge is 0.416 e. The van der Waals surface area contributed by atoms with Gasteiger partial charge in [0.15, 0.2) is 0 Å². The lowest BCUT2D eigenvalue weighted by atomic mass is 10.0.